The molecule has 0 aliphatic heterocycles. The number of hydrogen-bond acceptors (Lipinski definition) is 7. The average molecular weight is 443 g/mol. The van der Waals surface area contributed by atoms with E-state index in [4.69, 9.17) is 14.2 Å². The fourth-order valence-corrected chi connectivity index (χ4v) is 3.91. The zero-order valence-electron chi connectivity index (χ0n) is 18.0. The predicted molar refractivity (Wildman–Crippen MR) is 120 cm³/mol. The van der Waals surface area contributed by atoms with Crippen molar-refractivity contribution in [1.29, 1.82) is 0 Å². The number of benzene rings is 2. The van der Waals surface area contributed by atoms with Gasteiger partial charge in [-0.1, -0.05) is 30.0 Å². The third-order valence-electron chi connectivity index (χ3n) is 4.65. The van der Waals surface area contributed by atoms with E-state index in [1.54, 1.807) is 21.3 Å². The topological polar surface area (TPSA) is 87.5 Å². The molecule has 1 N–H and O–H groups in total. The van der Waals surface area contributed by atoms with Crippen molar-refractivity contribution >= 4 is 17.7 Å². The van der Waals surface area contributed by atoms with Gasteiger partial charge in [0.05, 0.1) is 32.6 Å². The molecule has 1 amide bonds. The Morgan fingerprint density at radius 3 is 2.45 bits per heavy atom. The summed E-state index contributed by atoms with van der Waals surface area (Å²) in [5, 5.41) is 12.2. The smallest absolute Gasteiger partial charge is 0.230 e. The number of thioether (sulfide) groups is 1. The fraction of sp³-hybridized carbons (Fsp3) is 0.318. The van der Waals surface area contributed by atoms with Gasteiger partial charge in [0.1, 0.15) is 5.75 Å². The van der Waals surface area contributed by atoms with E-state index in [9.17, 15) is 4.79 Å². The summed E-state index contributed by atoms with van der Waals surface area (Å²) >= 11 is 1.35. The highest BCUT2D eigenvalue weighted by Gasteiger charge is 2.17. The van der Waals surface area contributed by atoms with Crippen LogP contribution in [0.4, 0.5) is 0 Å². The van der Waals surface area contributed by atoms with Gasteiger partial charge in [-0.3, -0.25) is 4.79 Å². The van der Waals surface area contributed by atoms with Crippen molar-refractivity contribution in [3.63, 3.8) is 0 Å². The van der Waals surface area contributed by atoms with Crippen LogP contribution in [0.25, 0.3) is 11.4 Å². The number of ether oxygens (including phenoxy) is 3. The molecule has 3 rings (SSSR count). The summed E-state index contributed by atoms with van der Waals surface area (Å²) in [4.78, 5) is 12.4. The number of hydrogen-bond donors (Lipinski definition) is 1. The van der Waals surface area contributed by atoms with Crippen molar-refractivity contribution in [2.24, 2.45) is 0 Å². The number of nitrogens with zero attached hydrogens (tertiary/aromatic N) is 3. The zero-order valence-corrected chi connectivity index (χ0v) is 18.9. The summed E-state index contributed by atoms with van der Waals surface area (Å²) in [6.45, 7) is 3.09. The Kier molecular flexibility index (Phi) is 7.77. The lowest BCUT2D eigenvalue weighted by molar-refractivity contribution is -0.118. The van der Waals surface area contributed by atoms with E-state index in [1.807, 2.05) is 54.0 Å². The van der Waals surface area contributed by atoms with Crippen molar-refractivity contribution in [3.05, 3.63) is 48.0 Å². The van der Waals surface area contributed by atoms with Crippen LogP contribution in [0.2, 0.25) is 0 Å². The van der Waals surface area contributed by atoms with Crippen LogP contribution in [-0.2, 0) is 17.9 Å². The third kappa shape index (κ3) is 5.29. The minimum absolute atomic E-state index is 0.0933. The highest BCUT2D eigenvalue weighted by molar-refractivity contribution is 7.99. The lowest BCUT2D eigenvalue weighted by atomic mass is 10.2. The molecule has 1 aromatic heterocycles. The highest BCUT2D eigenvalue weighted by atomic mass is 32.2. The first-order valence-electron chi connectivity index (χ1n) is 9.78. The van der Waals surface area contributed by atoms with Crippen LogP contribution in [-0.4, -0.2) is 47.8 Å². The summed E-state index contributed by atoms with van der Waals surface area (Å²) in [5.74, 6) is 2.87. The van der Waals surface area contributed by atoms with Gasteiger partial charge >= 0.3 is 0 Å². The standard InChI is InChI=1S/C22H26N4O4S/c1-5-26-21(16-8-6-7-9-17(16)28-2)24-25-22(26)31-14-20(27)23-13-15-10-11-18(29-3)19(12-15)30-4/h6-12H,5,13-14H2,1-4H3,(H,23,27). The van der Waals surface area contributed by atoms with Crippen molar-refractivity contribution in [2.45, 2.75) is 25.2 Å². The molecule has 31 heavy (non-hydrogen) atoms. The summed E-state index contributed by atoms with van der Waals surface area (Å²) < 4.78 is 18.0. The molecule has 0 aliphatic carbocycles. The normalized spacial score (nSPS) is 10.6. The van der Waals surface area contributed by atoms with Crippen LogP contribution in [0.15, 0.2) is 47.6 Å². The quantitative estimate of drug-likeness (QED) is 0.482. The molecule has 0 atom stereocenters. The van der Waals surface area contributed by atoms with Crippen LogP contribution in [0.5, 0.6) is 17.2 Å². The van der Waals surface area contributed by atoms with E-state index < -0.39 is 0 Å². The summed E-state index contributed by atoms with van der Waals surface area (Å²) in [7, 11) is 4.80. The van der Waals surface area contributed by atoms with E-state index in [0.29, 0.717) is 35.6 Å². The van der Waals surface area contributed by atoms with Gasteiger partial charge < -0.3 is 24.1 Å². The van der Waals surface area contributed by atoms with E-state index >= 15 is 0 Å². The minimum Gasteiger partial charge on any atom is -0.496 e. The summed E-state index contributed by atoms with van der Waals surface area (Å²) in [5.41, 5.74) is 1.79. The predicted octanol–water partition coefficient (Wildman–Crippen LogP) is 3.40. The van der Waals surface area contributed by atoms with Crippen molar-refractivity contribution in [3.8, 4) is 28.6 Å². The van der Waals surface area contributed by atoms with Crippen LogP contribution in [0.1, 0.15) is 12.5 Å². The molecule has 0 aliphatic rings. The first-order valence-corrected chi connectivity index (χ1v) is 10.8. The van der Waals surface area contributed by atoms with Gasteiger partial charge in [-0.05, 0) is 36.8 Å². The number of amides is 1. The molecule has 0 bridgehead atoms. The maximum absolute atomic E-state index is 12.4. The Morgan fingerprint density at radius 2 is 1.74 bits per heavy atom. The zero-order chi connectivity index (χ0) is 22.2. The number of methoxy groups -OCH3 is 3. The summed E-state index contributed by atoms with van der Waals surface area (Å²) in [6, 6.07) is 13.2. The molecule has 0 saturated carbocycles. The van der Waals surface area contributed by atoms with Gasteiger partial charge in [0.15, 0.2) is 22.5 Å². The molecule has 2 aromatic carbocycles. The Labute approximate surface area is 185 Å². The fourth-order valence-electron chi connectivity index (χ4n) is 3.08. The molecule has 1 heterocycles. The number of carbonyl (C=O) groups excluding carboxylic acids is 1. The second-order valence-electron chi connectivity index (χ2n) is 6.51. The molecular weight excluding hydrogens is 416 g/mol. The van der Waals surface area contributed by atoms with E-state index in [2.05, 4.69) is 15.5 Å². The lowest BCUT2D eigenvalue weighted by Gasteiger charge is -2.11. The maximum Gasteiger partial charge on any atom is 0.230 e. The number of rotatable bonds is 10. The Balaban J connectivity index is 1.62. The molecule has 8 nitrogen and oxygen atoms in total. The van der Waals surface area contributed by atoms with Crippen LogP contribution < -0.4 is 19.5 Å². The number of para-hydroxylation sites is 1. The Bertz CT molecular complexity index is 1040. The number of aromatic nitrogens is 3. The van der Waals surface area contributed by atoms with Crippen molar-refractivity contribution < 1.29 is 19.0 Å². The highest BCUT2D eigenvalue weighted by Crippen LogP contribution is 2.31. The SMILES string of the molecule is CCn1c(SCC(=O)NCc2ccc(OC)c(OC)c2)nnc1-c1ccccc1OC. The monoisotopic (exact) mass is 442 g/mol. The molecule has 0 unspecified atom stereocenters. The Hall–Kier alpha value is -3.20. The molecule has 0 spiro atoms. The second kappa shape index (κ2) is 10.7. The molecular formula is C22H26N4O4S. The summed E-state index contributed by atoms with van der Waals surface area (Å²) in [6.07, 6.45) is 0. The molecule has 164 valence electrons. The molecule has 3 aromatic rings. The first kappa shape index (κ1) is 22.5. The van der Waals surface area contributed by atoms with Gasteiger partial charge in [-0.2, -0.15) is 0 Å². The average Bonchev–Trinajstić information content (AvgIpc) is 3.23. The van der Waals surface area contributed by atoms with Crippen molar-refractivity contribution in [2.75, 3.05) is 27.1 Å². The molecule has 0 saturated heterocycles. The van der Waals surface area contributed by atoms with Gasteiger partial charge in [0.25, 0.3) is 0 Å². The van der Waals surface area contributed by atoms with Gasteiger partial charge in [0, 0.05) is 13.1 Å². The van der Waals surface area contributed by atoms with E-state index in [1.165, 1.54) is 11.8 Å². The lowest BCUT2D eigenvalue weighted by Crippen LogP contribution is -2.24. The van der Waals surface area contributed by atoms with Crippen molar-refractivity contribution in [1.82, 2.24) is 20.1 Å². The first-order chi connectivity index (χ1) is 15.1. The second-order valence-corrected chi connectivity index (χ2v) is 7.45. The van der Waals surface area contributed by atoms with E-state index in [0.717, 1.165) is 16.9 Å². The minimum atomic E-state index is -0.0933. The van der Waals surface area contributed by atoms with Crippen LogP contribution in [0, 0.1) is 0 Å². The molecule has 0 fully saturated rings. The molecule has 9 heteroatoms. The van der Waals surface area contributed by atoms with Crippen LogP contribution in [0.3, 0.4) is 0 Å². The molecule has 0 radical (unpaired) electrons. The van der Waals surface area contributed by atoms with Gasteiger partial charge in [0.2, 0.25) is 5.91 Å². The van der Waals surface area contributed by atoms with Gasteiger partial charge in [-0.15, -0.1) is 10.2 Å². The largest absolute Gasteiger partial charge is 0.496 e. The number of nitrogens with one attached hydrogen (secondary N) is 1. The van der Waals surface area contributed by atoms with Gasteiger partial charge in [-0.25, -0.2) is 0 Å². The maximum atomic E-state index is 12.4. The number of carbonyl (C=O) groups is 1. The third-order valence-corrected chi connectivity index (χ3v) is 5.62. The van der Waals surface area contributed by atoms with E-state index in [-0.39, 0.29) is 11.7 Å². The Morgan fingerprint density at radius 1 is 1.00 bits per heavy atom. The van der Waals surface area contributed by atoms with Crippen LogP contribution >= 0.6 is 11.8 Å².